The predicted molar refractivity (Wildman–Crippen MR) is 98.9 cm³/mol. The lowest BCUT2D eigenvalue weighted by atomic mass is 10.2. The van der Waals surface area contributed by atoms with E-state index in [4.69, 9.17) is 27.7 Å². The number of nitrogens with one attached hydrogen (secondary N) is 1. The molecule has 0 unspecified atom stereocenters. The quantitative estimate of drug-likeness (QED) is 0.499. The van der Waals surface area contributed by atoms with Gasteiger partial charge in [0.15, 0.2) is 0 Å². The van der Waals surface area contributed by atoms with Crippen molar-refractivity contribution in [3.05, 3.63) is 52.3 Å². The summed E-state index contributed by atoms with van der Waals surface area (Å²) < 4.78 is 5.28. The molecular weight excluding hydrogens is 359 g/mol. The fourth-order valence-corrected chi connectivity index (χ4v) is 3.15. The van der Waals surface area contributed by atoms with Crippen molar-refractivity contribution in [2.45, 2.75) is 19.8 Å². The van der Waals surface area contributed by atoms with Gasteiger partial charge in [-0.2, -0.15) is 4.98 Å². The van der Waals surface area contributed by atoms with Crippen molar-refractivity contribution >= 4 is 34.2 Å². The van der Waals surface area contributed by atoms with Crippen LogP contribution in [0.5, 0.6) is 0 Å². The first-order valence-corrected chi connectivity index (χ1v) is 8.56. The number of benzene rings is 2. The Kier molecular flexibility index (Phi) is 3.98. The summed E-state index contributed by atoms with van der Waals surface area (Å²) in [5.41, 5.74) is 3.19. The monoisotopic (exact) mass is 372 g/mol. The number of fused-ring (bicyclic) bond motifs is 1. The lowest BCUT2D eigenvalue weighted by Gasteiger charge is -2.02. The molecule has 0 aliphatic heterocycles. The van der Waals surface area contributed by atoms with E-state index < -0.39 is 0 Å². The van der Waals surface area contributed by atoms with Crippen LogP contribution in [0.25, 0.3) is 33.8 Å². The van der Waals surface area contributed by atoms with Crippen LogP contribution in [0.15, 0.2) is 40.9 Å². The maximum absolute atomic E-state index is 6.27. The second-order valence-electron chi connectivity index (χ2n) is 6.02. The van der Waals surface area contributed by atoms with Gasteiger partial charge in [-0.1, -0.05) is 48.3 Å². The van der Waals surface area contributed by atoms with E-state index in [1.165, 1.54) is 0 Å². The highest BCUT2D eigenvalue weighted by atomic mass is 35.5. The van der Waals surface area contributed by atoms with E-state index in [1.807, 2.05) is 32.0 Å². The second-order valence-corrected chi connectivity index (χ2v) is 6.84. The van der Waals surface area contributed by atoms with Crippen molar-refractivity contribution in [2.24, 2.45) is 0 Å². The molecule has 25 heavy (non-hydrogen) atoms. The van der Waals surface area contributed by atoms with Crippen molar-refractivity contribution in [3.63, 3.8) is 0 Å². The molecule has 0 amide bonds. The van der Waals surface area contributed by atoms with Gasteiger partial charge in [0, 0.05) is 11.5 Å². The van der Waals surface area contributed by atoms with Gasteiger partial charge in [0.2, 0.25) is 11.7 Å². The zero-order valence-electron chi connectivity index (χ0n) is 13.5. The molecule has 2 aromatic heterocycles. The van der Waals surface area contributed by atoms with E-state index in [2.05, 4.69) is 20.1 Å². The minimum absolute atomic E-state index is 0.186. The minimum atomic E-state index is 0.186. The van der Waals surface area contributed by atoms with Crippen molar-refractivity contribution < 1.29 is 4.52 Å². The number of aromatic amines is 1. The maximum Gasteiger partial charge on any atom is 0.229 e. The largest absolute Gasteiger partial charge is 0.339 e. The molecule has 0 fully saturated rings. The van der Waals surface area contributed by atoms with Crippen LogP contribution in [0, 0.1) is 0 Å². The van der Waals surface area contributed by atoms with E-state index in [0.29, 0.717) is 33.1 Å². The van der Waals surface area contributed by atoms with Gasteiger partial charge in [0.25, 0.3) is 0 Å². The van der Waals surface area contributed by atoms with E-state index in [9.17, 15) is 0 Å². The Bertz CT molecular complexity index is 1050. The smallest absolute Gasteiger partial charge is 0.229 e. The summed E-state index contributed by atoms with van der Waals surface area (Å²) in [6, 6.07) is 11.1. The minimum Gasteiger partial charge on any atom is -0.339 e. The first-order valence-electron chi connectivity index (χ1n) is 7.81. The van der Waals surface area contributed by atoms with Crippen LogP contribution in [0.1, 0.15) is 25.7 Å². The molecule has 5 nitrogen and oxygen atoms in total. The summed E-state index contributed by atoms with van der Waals surface area (Å²) in [4.78, 5) is 12.3. The van der Waals surface area contributed by atoms with E-state index in [-0.39, 0.29) is 5.92 Å². The fourth-order valence-electron chi connectivity index (χ4n) is 2.58. The molecule has 7 heteroatoms. The Hall–Kier alpha value is -2.37. The molecule has 0 aliphatic rings. The van der Waals surface area contributed by atoms with Gasteiger partial charge in [-0.3, -0.25) is 0 Å². The zero-order valence-corrected chi connectivity index (χ0v) is 15.1. The third-order valence-electron chi connectivity index (χ3n) is 3.88. The summed E-state index contributed by atoms with van der Waals surface area (Å²) in [6.07, 6.45) is 0. The average Bonchev–Trinajstić information content (AvgIpc) is 3.21. The van der Waals surface area contributed by atoms with Crippen LogP contribution < -0.4 is 0 Å². The topological polar surface area (TPSA) is 67.6 Å². The summed E-state index contributed by atoms with van der Waals surface area (Å²) >= 11 is 12.5. The van der Waals surface area contributed by atoms with Crippen LogP contribution in [0.3, 0.4) is 0 Å². The Morgan fingerprint density at radius 2 is 1.80 bits per heavy atom. The molecule has 4 aromatic rings. The van der Waals surface area contributed by atoms with Crippen LogP contribution in [0.4, 0.5) is 0 Å². The number of H-pyrrole nitrogens is 1. The molecule has 0 atom stereocenters. The van der Waals surface area contributed by atoms with Gasteiger partial charge in [-0.25, -0.2) is 4.98 Å². The number of aromatic nitrogens is 4. The molecule has 0 saturated heterocycles. The molecule has 0 radical (unpaired) electrons. The lowest BCUT2D eigenvalue weighted by Crippen LogP contribution is -1.86. The Labute approximate surface area is 154 Å². The van der Waals surface area contributed by atoms with Gasteiger partial charge in [-0.15, -0.1) is 0 Å². The van der Waals surface area contributed by atoms with Crippen molar-refractivity contribution in [2.75, 3.05) is 0 Å². The molecule has 126 valence electrons. The Morgan fingerprint density at radius 3 is 2.48 bits per heavy atom. The highest BCUT2D eigenvalue weighted by Crippen LogP contribution is 2.34. The van der Waals surface area contributed by atoms with Crippen molar-refractivity contribution in [1.82, 2.24) is 20.1 Å². The summed E-state index contributed by atoms with van der Waals surface area (Å²) in [6.45, 7) is 4.02. The second kappa shape index (κ2) is 6.17. The number of imidazole rings is 1. The Balaban J connectivity index is 1.79. The van der Waals surface area contributed by atoms with E-state index >= 15 is 0 Å². The van der Waals surface area contributed by atoms with Gasteiger partial charge < -0.3 is 9.51 Å². The number of halogens is 2. The highest BCUT2D eigenvalue weighted by Gasteiger charge is 2.15. The predicted octanol–water partition coefficient (Wildman–Crippen LogP) is 5.71. The third-order valence-corrected chi connectivity index (χ3v) is 4.51. The fraction of sp³-hybridized carbons (Fsp3) is 0.167. The Morgan fingerprint density at radius 1 is 1.04 bits per heavy atom. The molecule has 4 rings (SSSR count). The van der Waals surface area contributed by atoms with Crippen LogP contribution in [-0.4, -0.2) is 20.1 Å². The van der Waals surface area contributed by atoms with Gasteiger partial charge in [-0.05, 0) is 30.3 Å². The van der Waals surface area contributed by atoms with Gasteiger partial charge >= 0.3 is 0 Å². The number of hydrogen-bond donors (Lipinski definition) is 1. The third kappa shape index (κ3) is 2.90. The molecular formula is C18H14Cl2N4O. The van der Waals surface area contributed by atoms with Crippen LogP contribution in [-0.2, 0) is 0 Å². The summed E-state index contributed by atoms with van der Waals surface area (Å²) in [7, 11) is 0. The first kappa shape index (κ1) is 16.1. The molecule has 0 aliphatic carbocycles. The molecule has 0 bridgehead atoms. The van der Waals surface area contributed by atoms with Gasteiger partial charge in [0.05, 0.1) is 26.6 Å². The molecule has 0 saturated carbocycles. The van der Waals surface area contributed by atoms with Crippen molar-refractivity contribution in [3.8, 4) is 22.8 Å². The lowest BCUT2D eigenvalue weighted by molar-refractivity contribution is 0.365. The van der Waals surface area contributed by atoms with Crippen LogP contribution >= 0.6 is 23.2 Å². The summed E-state index contributed by atoms with van der Waals surface area (Å²) in [5.74, 6) is 1.98. The number of nitrogens with zero attached hydrogens (tertiary/aromatic N) is 3. The molecule has 2 aromatic carbocycles. The standard InChI is InChI=1S/C18H14Cl2N4O/c1-9(2)18-23-16(24-25-18)10-6-7-13-14(8-10)22-17(21-13)15-11(19)4-3-5-12(15)20/h3-9H,1-2H3,(H,21,22). The zero-order chi connectivity index (χ0) is 17.6. The summed E-state index contributed by atoms with van der Waals surface area (Å²) in [5, 5.41) is 5.14. The van der Waals surface area contributed by atoms with E-state index in [0.717, 1.165) is 16.6 Å². The number of rotatable bonds is 3. The first-order chi connectivity index (χ1) is 12.0. The van der Waals surface area contributed by atoms with E-state index in [1.54, 1.807) is 18.2 Å². The van der Waals surface area contributed by atoms with Gasteiger partial charge in [0.1, 0.15) is 5.82 Å². The SMILES string of the molecule is CC(C)c1nc(-c2ccc3nc(-c4c(Cl)cccc4Cl)[nH]c3c2)no1. The molecule has 2 heterocycles. The molecule has 0 spiro atoms. The highest BCUT2D eigenvalue weighted by molar-refractivity contribution is 6.39. The maximum atomic E-state index is 6.27. The average molecular weight is 373 g/mol. The normalized spacial score (nSPS) is 11.6. The molecule has 1 N–H and O–H groups in total. The van der Waals surface area contributed by atoms with Crippen molar-refractivity contribution in [1.29, 1.82) is 0 Å². The number of hydrogen-bond acceptors (Lipinski definition) is 4. The van der Waals surface area contributed by atoms with Crippen LogP contribution in [0.2, 0.25) is 10.0 Å².